The summed E-state index contributed by atoms with van der Waals surface area (Å²) >= 11 is 0. The Morgan fingerprint density at radius 3 is 1.25 bits per heavy atom. The number of carbonyl (C=O) groups is 1. The summed E-state index contributed by atoms with van der Waals surface area (Å²) < 4.78 is 51.7. The maximum atomic E-state index is 12.3. The molecule has 0 aliphatic heterocycles. The number of fused-ring (bicyclic) bond motifs is 3. The van der Waals surface area contributed by atoms with Gasteiger partial charge in [0.2, 0.25) is 0 Å². The molecule has 0 fully saturated rings. The van der Waals surface area contributed by atoms with E-state index in [0.717, 1.165) is 0 Å². The molecule has 12 heteroatoms. The minimum atomic E-state index is -2.55. The molecule has 1 aliphatic carbocycles. The molecule has 0 unspecified atom stereocenters. The van der Waals surface area contributed by atoms with Gasteiger partial charge in [-0.1, -0.05) is 130 Å². The molecule has 11 nitrogen and oxygen atoms in total. The maximum Gasteiger partial charge on any atom is 0.407 e. The summed E-state index contributed by atoms with van der Waals surface area (Å²) in [7, 11) is -2.55. The highest BCUT2D eigenvalue weighted by Gasteiger charge is 2.50. The number of carbonyl (C=O) groups excluding carboxylic acids is 1. The molecule has 4 aromatic carbocycles. The van der Waals surface area contributed by atoms with Crippen LogP contribution in [0, 0.1) is 0 Å². The summed E-state index contributed by atoms with van der Waals surface area (Å²) in [6.45, 7) is 14.6. The molecular formula is C47H63NO10Si. The zero-order chi connectivity index (χ0) is 41.4. The summed E-state index contributed by atoms with van der Waals surface area (Å²) in [5, 5.41) is 5.22. The number of hydrogen-bond acceptors (Lipinski definition) is 10. The van der Waals surface area contributed by atoms with Crippen molar-refractivity contribution in [3.05, 3.63) is 120 Å². The third-order valence-electron chi connectivity index (χ3n) is 10.1. The van der Waals surface area contributed by atoms with Gasteiger partial charge in [-0.2, -0.15) is 0 Å². The molecule has 1 aliphatic rings. The first-order chi connectivity index (χ1) is 28.9. The van der Waals surface area contributed by atoms with Crippen molar-refractivity contribution >= 4 is 24.8 Å². The van der Waals surface area contributed by atoms with Crippen LogP contribution in [0.15, 0.2) is 109 Å². The van der Waals surface area contributed by atoms with Gasteiger partial charge < -0.3 is 47.6 Å². The largest absolute Gasteiger partial charge is 0.449 e. The van der Waals surface area contributed by atoms with Gasteiger partial charge in [-0.05, 0) is 37.7 Å². The lowest BCUT2D eigenvalue weighted by Gasteiger charge is -2.43. The number of benzene rings is 4. The highest BCUT2D eigenvalue weighted by Crippen LogP contribution is 2.44. The predicted molar refractivity (Wildman–Crippen MR) is 232 cm³/mol. The SMILES string of the molecule is CC(C)(C)[Si](OCCOCCOCCOCCOCCOCCOCCOCCNC(=O)OCC1c2ccccc2-c2ccccc21)(c1ccccc1)c1ccccc1. The lowest BCUT2D eigenvalue weighted by atomic mass is 9.98. The molecule has 0 radical (unpaired) electrons. The van der Waals surface area contributed by atoms with Gasteiger partial charge in [0.25, 0.3) is 8.32 Å². The number of hydrogen-bond donors (Lipinski definition) is 1. The number of alkyl carbamates (subject to hydrolysis) is 1. The molecular weight excluding hydrogens is 767 g/mol. The van der Waals surface area contributed by atoms with E-state index in [2.05, 4.69) is 111 Å². The van der Waals surface area contributed by atoms with Crippen LogP contribution in [0.4, 0.5) is 4.79 Å². The smallest absolute Gasteiger partial charge is 0.407 e. The molecule has 0 aromatic heterocycles. The van der Waals surface area contributed by atoms with E-state index in [1.165, 1.54) is 32.6 Å². The van der Waals surface area contributed by atoms with Crippen LogP contribution in [0.25, 0.3) is 11.1 Å². The van der Waals surface area contributed by atoms with Crippen molar-refractivity contribution in [3.8, 4) is 11.1 Å². The van der Waals surface area contributed by atoms with Crippen LogP contribution in [-0.2, 0) is 42.3 Å². The van der Waals surface area contributed by atoms with Crippen molar-refractivity contribution in [2.24, 2.45) is 0 Å². The number of ether oxygens (including phenoxy) is 8. The Kier molecular flexibility index (Phi) is 20.0. The topological polar surface area (TPSA) is 112 Å². The second-order valence-electron chi connectivity index (χ2n) is 15.1. The van der Waals surface area contributed by atoms with Gasteiger partial charge in [0.05, 0.1) is 99.1 Å². The van der Waals surface area contributed by atoms with Gasteiger partial charge in [-0.25, -0.2) is 4.79 Å². The van der Waals surface area contributed by atoms with E-state index < -0.39 is 14.4 Å². The average molecular weight is 830 g/mol. The van der Waals surface area contributed by atoms with Crippen molar-refractivity contribution in [2.75, 3.05) is 112 Å². The van der Waals surface area contributed by atoms with Crippen LogP contribution < -0.4 is 15.7 Å². The molecule has 59 heavy (non-hydrogen) atoms. The molecule has 320 valence electrons. The van der Waals surface area contributed by atoms with E-state index >= 15 is 0 Å². The van der Waals surface area contributed by atoms with Gasteiger partial charge in [-0.15, -0.1) is 0 Å². The predicted octanol–water partition coefficient (Wildman–Crippen LogP) is 6.22. The highest BCUT2D eigenvalue weighted by atomic mass is 28.4. The van der Waals surface area contributed by atoms with Crippen molar-refractivity contribution in [1.29, 1.82) is 0 Å². The Balaban J connectivity index is 0.762. The molecule has 4 aromatic rings. The Bertz CT molecular complexity index is 1670. The van der Waals surface area contributed by atoms with Gasteiger partial charge in [-0.3, -0.25) is 0 Å². The van der Waals surface area contributed by atoms with Crippen LogP contribution in [0.5, 0.6) is 0 Å². The summed E-state index contributed by atoms with van der Waals surface area (Å²) in [6, 6.07) is 37.8. The van der Waals surface area contributed by atoms with Gasteiger partial charge >= 0.3 is 6.09 Å². The van der Waals surface area contributed by atoms with Crippen LogP contribution >= 0.6 is 0 Å². The van der Waals surface area contributed by atoms with E-state index in [1.807, 2.05) is 24.3 Å². The summed E-state index contributed by atoms with van der Waals surface area (Å²) in [5.41, 5.74) is 4.78. The maximum absolute atomic E-state index is 12.3. The average Bonchev–Trinajstić information content (AvgIpc) is 3.57. The summed E-state index contributed by atoms with van der Waals surface area (Å²) in [6.07, 6.45) is -0.450. The van der Waals surface area contributed by atoms with E-state index in [0.29, 0.717) is 106 Å². The minimum Gasteiger partial charge on any atom is -0.449 e. The minimum absolute atomic E-state index is 0.0362. The molecule has 1 amide bonds. The van der Waals surface area contributed by atoms with Crippen LogP contribution in [0.1, 0.15) is 37.8 Å². The first kappa shape index (κ1) is 46.1. The van der Waals surface area contributed by atoms with Crippen molar-refractivity contribution in [3.63, 3.8) is 0 Å². The number of nitrogens with one attached hydrogen (secondary N) is 1. The molecule has 1 N–H and O–H groups in total. The Morgan fingerprint density at radius 1 is 0.492 bits per heavy atom. The first-order valence-electron chi connectivity index (χ1n) is 20.8. The second-order valence-corrected chi connectivity index (χ2v) is 19.4. The zero-order valence-electron chi connectivity index (χ0n) is 35.1. The van der Waals surface area contributed by atoms with E-state index in [9.17, 15) is 4.79 Å². The zero-order valence-corrected chi connectivity index (χ0v) is 36.1. The molecule has 0 heterocycles. The highest BCUT2D eigenvalue weighted by molar-refractivity contribution is 6.99. The van der Waals surface area contributed by atoms with E-state index in [-0.39, 0.29) is 17.6 Å². The van der Waals surface area contributed by atoms with Gasteiger partial charge in [0.15, 0.2) is 0 Å². The fourth-order valence-electron chi connectivity index (χ4n) is 7.31. The summed E-state index contributed by atoms with van der Waals surface area (Å²) in [4.78, 5) is 12.3. The lowest BCUT2D eigenvalue weighted by molar-refractivity contribution is -0.0212. The van der Waals surface area contributed by atoms with Crippen LogP contribution in [-0.4, -0.2) is 127 Å². The Morgan fingerprint density at radius 2 is 0.847 bits per heavy atom. The van der Waals surface area contributed by atoms with Crippen LogP contribution in [0.2, 0.25) is 5.04 Å². The summed E-state index contributed by atoms with van der Waals surface area (Å²) in [5.74, 6) is 0.0362. The molecule has 0 bridgehead atoms. The Hall–Kier alpha value is -3.95. The van der Waals surface area contributed by atoms with E-state index in [4.69, 9.17) is 42.3 Å². The molecule has 5 rings (SSSR count). The van der Waals surface area contributed by atoms with Crippen molar-refractivity contribution in [2.45, 2.75) is 31.7 Å². The third-order valence-corrected chi connectivity index (χ3v) is 15.1. The Labute approximate surface area is 351 Å². The molecule has 0 spiro atoms. The van der Waals surface area contributed by atoms with Crippen molar-refractivity contribution in [1.82, 2.24) is 5.32 Å². The third kappa shape index (κ3) is 14.3. The van der Waals surface area contributed by atoms with E-state index in [1.54, 1.807) is 0 Å². The second kappa shape index (κ2) is 25.6. The van der Waals surface area contributed by atoms with Crippen LogP contribution in [0.3, 0.4) is 0 Å². The number of rotatable bonds is 29. The first-order valence-corrected chi connectivity index (χ1v) is 22.7. The monoisotopic (exact) mass is 829 g/mol. The molecule has 0 atom stereocenters. The number of amides is 1. The van der Waals surface area contributed by atoms with Crippen molar-refractivity contribution < 1.29 is 47.1 Å². The standard InChI is InChI=1S/C47H63NO10Si/c1-47(2,3)59(39-14-6-4-7-15-39,40-16-8-5-9-17-40)58-37-36-56-35-34-55-33-32-54-31-30-53-29-28-52-27-26-51-25-24-50-23-22-48-46(49)57-38-45-43-20-12-10-18-41(43)42-19-11-13-21-44(42)45/h4-21,45H,22-38H2,1-3H3,(H,48,49). The quantitative estimate of drug-likeness (QED) is 0.0501. The molecule has 0 saturated carbocycles. The van der Waals surface area contributed by atoms with Gasteiger partial charge in [0, 0.05) is 12.5 Å². The fourth-order valence-corrected chi connectivity index (χ4v) is 11.9. The lowest BCUT2D eigenvalue weighted by Crippen LogP contribution is -2.66. The fraction of sp³-hybridized carbons (Fsp3) is 0.468. The molecule has 0 saturated heterocycles. The normalized spacial score (nSPS) is 12.7. The van der Waals surface area contributed by atoms with Gasteiger partial charge in [0.1, 0.15) is 6.61 Å².